The smallest absolute Gasteiger partial charge is 0.247 e. The summed E-state index contributed by atoms with van der Waals surface area (Å²) in [6, 6.07) is 9.60. The van der Waals surface area contributed by atoms with Crippen molar-refractivity contribution in [2.24, 2.45) is 5.92 Å². The first-order chi connectivity index (χ1) is 8.16. The number of rotatable bonds is 4. The molecule has 0 saturated heterocycles. The van der Waals surface area contributed by atoms with Crippen LogP contribution in [0.3, 0.4) is 0 Å². The van der Waals surface area contributed by atoms with E-state index in [1.807, 2.05) is 44.2 Å². The lowest BCUT2D eigenvalue weighted by molar-refractivity contribution is 0.118. The highest BCUT2D eigenvalue weighted by Gasteiger charge is 2.15. The van der Waals surface area contributed by atoms with Gasteiger partial charge in [0.2, 0.25) is 11.8 Å². The summed E-state index contributed by atoms with van der Waals surface area (Å²) in [5.74, 6) is 1.16. The Morgan fingerprint density at radius 1 is 1.18 bits per heavy atom. The van der Waals surface area contributed by atoms with Crippen molar-refractivity contribution in [3.63, 3.8) is 0 Å². The molecule has 2 aromatic rings. The van der Waals surface area contributed by atoms with Crippen molar-refractivity contribution < 1.29 is 9.52 Å². The number of hydrogen-bond donors (Lipinski definition) is 1. The normalized spacial score (nSPS) is 12.9. The second kappa shape index (κ2) is 5.10. The first-order valence-corrected chi connectivity index (χ1v) is 5.72. The van der Waals surface area contributed by atoms with Crippen LogP contribution in [0.5, 0.6) is 0 Å². The minimum Gasteiger partial charge on any atom is -0.421 e. The molecule has 1 atom stereocenters. The number of aromatic nitrogens is 2. The van der Waals surface area contributed by atoms with Gasteiger partial charge in [-0.25, -0.2) is 0 Å². The maximum atomic E-state index is 9.73. The Kier molecular flexibility index (Phi) is 3.54. The zero-order valence-corrected chi connectivity index (χ0v) is 10.00. The van der Waals surface area contributed by atoms with Crippen molar-refractivity contribution in [3.8, 4) is 11.5 Å². The molecular weight excluding hydrogens is 216 g/mol. The van der Waals surface area contributed by atoms with Gasteiger partial charge >= 0.3 is 0 Å². The average molecular weight is 232 g/mol. The van der Waals surface area contributed by atoms with E-state index in [2.05, 4.69) is 10.2 Å². The minimum atomic E-state index is -0.445. The molecule has 0 saturated carbocycles. The summed E-state index contributed by atoms with van der Waals surface area (Å²) < 4.78 is 5.51. The Bertz CT molecular complexity index is 465. The average Bonchev–Trinajstić information content (AvgIpc) is 2.78. The van der Waals surface area contributed by atoms with Crippen LogP contribution >= 0.6 is 0 Å². The number of hydrogen-bond acceptors (Lipinski definition) is 4. The van der Waals surface area contributed by atoms with Crippen molar-refractivity contribution >= 4 is 0 Å². The minimum absolute atomic E-state index is 0.182. The largest absolute Gasteiger partial charge is 0.421 e. The first kappa shape index (κ1) is 11.8. The van der Waals surface area contributed by atoms with Gasteiger partial charge in [0.1, 0.15) is 0 Å². The molecule has 0 aliphatic heterocycles. The Morgan fingerprint density at radius 3 is 2.53 bits per heavy atom. The van der Waals surface area contributed by atoms with Gasteiger partial charge < -0.3 is 9.52 Å². The zero-order valence-electron chi connectivity index (χ0n) is 10.00. The molecule has 0 spiro atoms. The van der Waals surface area contributed by atoms with Crippen LogP contribution in [0.2, 0.25) is 0 Å². The van der Waals surface area contributed by atoms with E-state index in [1.54, 1.807) is 0 Å². The van der Waals surface area contributed by atoms with Gasteiger partial charge in [-0.15, -0.1) is 10.2 Å². The maximum absolute atomic E-state index is 9.73. The van der Waals surface area contributed by atoms with Crippen molar-refractivity contribution in [2.45, 2.75) is 26.4 Å². The quantitative estimate of drug-likeness (QED) is 0.878. The second-order valence-corrected chi connectivity index (χ2v) is 4.38. The number of benzene rings is 1. The van der Waals surface area contributed by atoms with Crippen LogP contribution in [-0.4, -0.2) is 21.4 Å². The van der Waals surface area contributed by atoms with Crippen LogP contribution in [0.4, 0.5) is 0 Å². The van der Waals surface area contributed by atoms with E-state index in [0.29, 0.717) is 18.2 Å². The standard InChI is InChI=1S/C13H16N2O2/c1-9(2)11(16)8-12-14-15-13(17-12)10-6-4-3-5-7-10/h3-7,9,11,16H,8H2,1-2H3/t11-/m1/s1. The Balaban J connectivity index is 2.12. The van der Waals surface area contributed by atoms with Crippen molar-refractivity contribution in [3.05, 3.63) is 36.2 Å². The molecule has 4 heteroatoms. The van der Waals surface area contributed by atoms with E-state index >= 15 is 0 Å². The first-order valence-electron chi connectivity index (χ1n) is 5.72. The summed E-state index contributed by atoms with van der Waals surface area (Å²) in [6.07, 6.45) is -0.0450. The number of nitrogens with zero attached hydrogens (tertiary/aromatic N) is 2. The lowest BCUT2D eigenvalue weighted by Crippen LogP contribution is -2.17. The van der Waals surface area contributed by atoms with E-state index in [4.69, 9.17) is 4.42 Å². The van der Waals surface area contributed by atoms with Gasteiger partial charge in [-0.05, 0) is 18.1 Å². The van der Waals surface area contributed by atoms with Gasteiger partial charge in [0, 0.05) is 5.56 Å². The molecule has 17 heavy (non-hydrogen) atoms. The SMILES string of the molecule is CC(C)[C@H](O)Cc1nnc(-c2ccccc2)o1. The molecule has 1 aromatic heterocycles. The van der Waals surface area contributed by atoms with Gasteiger partial charge in [-0.1, -0.05) is 32.0 Å². The molecule has 0 radical (unpaired) electrons. The van der Waals surface area contributed by atoms with Crippen LogP contribution in [0.15, 0.2) is 34.7 Å². The van der Waals surface area contributed by atoms with Crippen molar-refractivity contribution in [1.82, 2.24) is 10.2 Å². The topological polar surface area (TPSA) is 59.2 Å². The Hall–Kier alpha value is -1.68. The van der Waals surface area contributed by atoms with E-state index in [9.17, 15) is 5.11 Å². The maximum Gasteiger partial charge on any atom is 0.247 e. The highest BCUT2D eigenvalue weighted by atomic mass is 16.4. The molecule has 0 unspecified atom stereocenters. The van der Waals surface area contributed by atoms with Gasteiger partial charge in [0.25, 0.3) is 0 Å². The predicted octanol–water partition coefficient (Wildman–Crippen LogP) is 2.30. The summed E-state index contributed by atoms with van der Waals surface area (Å²) >= 11 is 0. The molecule has 1 heterocycles. The monoisotopic (exact) mass is 232 g/mol. The lowest BCUT2D eigenvalue weighted by Gasteiger charge is -2.10. The zero-order chi connectivity index (χ0) is 12.3. The summed E-state index contributed by atoms with van der Waals surface area (Å²) in [7, 11) is 0. The third-order valence-corrected chi connectivity index (χ3v) is 2.64. The molecule has 0 aliphatic carbocycles. The van der Waals surface area contributed by atoms with Crippen LogP contribution in [0.1, 0.15) is 19.7 Å². The third-order valence-electron chi connectivity index (χ3n) is 2.64. The van der Waals surface area contributed by atoms with Crippen molar-refractivity contribution in [2.75, 3.05) is 0 Å². The van der Waals surface area contributed by atoms with Crippen LogP contribution in [0.25, 0.3) is 11.5 Å². The van der Waals surface area contributed by atoms with Gasteiger partial charge in [-0.2, -0.15) is 0 Å². The lowest BCUT2D eigenvalue weighted by atomic mass is 10.0. The fourth-order valence-electron chi connectivity index (χ4n) is 1.45. The van der Waals surface area contributed by atoms with Crippen LogP contribution in [-0.2, 0) is 6.42 Å². The van der Waals surface area contributed by atoms with Gasteiger partial charge in [0.15, 0.2) is 0 Å². The number of aliphatic hydroxyl groups is 1. The molecular formula is C13H16N2O2. The van der Waals surface area contributed by atoms with Crippen molar-refractivity contribution in [1.29, 1.82) is 0 Å². The summed E-state index contributed by atoms with van der Waals surface area (Å²) in [4.78, 5) is 0. The van der Waals surface area contributed by atoms with Gasteiger partial charge in [-0.3, -0.25) is 0 Å². The molecule has 2 rings (SSSR count). The van der Waals surface area contributed by atoms with Crippen LogP contribution < -0.4 is 0 Å². The fourth-order valence-corrected chi connectivity index (χ4v) is 1.45. The fraction of sp³-hybridized carbons (Fsp3) is 0.385. The summed E-state index contributed by atoms with van der Waals surface area (Å²) in [6.45, 7) is 3.91. The highest BCUT2D eigenvalue weighted by molar-refractivity contribution is 5.51. The molecule has 0 bridgehead atoms. The number of aliphatic hydroxyl groups excluding tert-OH is 1. The molecule has 4 nitrogen and oxygen atoms in total. The van der Waals surface area contributed by atoms with Crippen LogP contribution in [0, 0.1) is 5.92 Å². The van der Waals surface area contributed by atoms with E-state index in [1.165, 1.54) is 0 Å². The van der Waals surface area contributed by atoms with E-state index in [-0.39, 0.29) is 5.92 Å². The molecule has 0 aliphatic rings. The molecule has 1 aromatic carbocycles. The highest BCUT2D eigenvalue weighted by Crippen LogP contribution is 2.18. The Labute approximate surface area is 100 Å². The molecule has 0 fully saturated rings. The molecule has 90 valence electrons. The van der Waals surface area contributed by atoms with E-state index < -0.39 is 6.10 Å². The predicted molar refractivity (Wildman–Crippen MR) is 64.3 cm³/mol. The van der Waals surface area contributed by atoms with Gasteiger partial charge in [0.05, 0.1) is 12.5 Å². The Morgan fingerprint density at radius 2 is 1.88 bits per heavy atom. The summed E-state index contributed by atoms with van der Waals surface area (Å²) in [5.41, 5.74) is 0.894. The third kappa shape index (κ3) is 2.91. The summed E-state index contributed by atoms with van der Waals surface area (Å²) in [5, 5.41) is 17.6. The van der Waals surface area contributed by atoms with E-state index in [0.717, 1.165) is 5.56 Å². The second-order valence-electron chi connectivity index (χ2n) is 4.38. The molecule has 0 amide bonds. The molecule has 1 N–H and O–H groups in total.